The second kappa shape index (κ2) is 6.51. The Hall–Kier alpha value is -0.540. The molecule has 26 heavy (non-hydrogen) atoms. The van der Waals surface area contributed by atoms with Gasteiger partial charge in [0.2, 0.25) is 0 Å². The molecule has 0 heterocycles. The number of fused-ring (bicyclic) bond motifs is 5. The molecule has 8 unspecified atom stereocenters. The molecule has 0 aromatic carbocycles. The third kappa shape index (κ3) is 2.85. The molecule has 0 aliphatic heterocycles. The van der Waals surface area contributed by atoms with Crippen LogP contribution in [-0.4, -0.2) is 12.0 Å². The van der Waals surface area contributed by atoms with Crippen LogP contribution in [0.1, 0.15) is 78.1 Å². The molecule has 4 aliphatic rings. The van der Waals surface area contributed by atoms with Gasteiger partial charge in [0.1, 0.15) is 5.78 Å². The first-order valence-corrected chi connectivity index (χ1v) is 10.8. The molecule has 8 atom stereocenters. The predicted molar refractivity (Wildman–Crippen MR) is 95.4 cm³/mol. The normalized spacial score (nSPS) is 48.4. The van der Waals surface area contributed by atoms with Gasteiger partial charge in [0.25, 0.3) is 0 Å². The summed E-state index contributed by atoms with van der Waals surface area (Å²) in [5.41, 5.74) is 0.157. The van der Waals surface area contributed by atoms with E-state index >= 15 is 0 Å². The van der Waals surface area contributed by atoms with Crippen LogP contribution in [0.25, 0.3) is 0 Å². The molecule has 148 valence electrons. The molecule has 0 saturated heterocycles. The number of carbonyl (C=O) groups excluding carboxylic acids is 1. The zero-order chi connectivity index (χ0) is 18.7. The number of rotatable bonds is 2. The average molecular weight is 370 g/mol. The van der Waals surface area contributed by atoms with E-state index in [2.05, 4.69) is 6.92 Å². The second-order valence-corrected chi connectivity index (χ2v) is 9.98. The second-order valence-electron chi connectivity index (χ2n) is 9.98. The zero-order valence-electron chi connectivity index (χ0n) is 16.2. The van der Waals surface area contributed by atoms with Gasteiger partial charge in [-0.25, -0.2) is 0 Å². The molecule has 0 bridgehead atoms. The first-order valence-electron chi connectivity index (χ1n) is 10.8. The van der Waals surface area contributed by atoms with Gasteiger partial charge in [-0.05, 0) is 92.8 Å². The van der Waals surface area contributed by atoms with Crippen LogP contribution in [0.15, 0.2) is 0 Å². The van der Waals surface area contributed by atoms with Crippen molar-refractivity contribution < 1.29 is 18.0 Å². The van der Waals surface area contributed by atoms with Crippen LogP contribution < -0.4 is 0 Å². The van der Waals surface area contributed by atoms with Crippen molar-refractivity contribution in [3.8, 4) is 0 Å². The lowest BCUT2D eigenvalue weighted by atomic mass is 9.49. The number of hydrogen-bond acceptors (Lipinski definition) is 1. The third-order valence-electron chi connectivity index (χ3n) is 9.15. The van der Waals surface area contributed by atoms with E-state index in [4.69, 9.17) is 0 Å². The van der Waals surface area contributed by atoms with Crippen LogP contribution in [0.5, 0.6) is 0 Å². The Morgan fingerprint density at radius 1 is 0.962 bits per heavy atom. The maximum absolute atomic E-state index is 13.2. The first-order chi connectivity index (χ1) is 12.3. The molecule has 4 heteroatoms. The smallest absolute Gasteiger partial charge is 0.299 e. The molecule has 0 amide bonds. The van der Waals surface area contributed by atoms with Crippen molar-refractivity contribution in [2.75, 3.05) is 0 Å². The minimum Gasteiger partial charge on any atom is -0.299 e. The van der Waals surface area contributed by atoms with Crippen molar-refractivity contribution in [1.29, 1.82) is 0 Å². The van der Waals surface area contributed by atoms with E-state index < -0.39 is 12.1 Å². The molecule has 4 aliphatic carbocycles. The van der Waals surface area contributed by atoms with Crippen molar-refractivity contribution in [3.05, 3.63) is 0 Å². The quantitative estimate of drug-likeness (QED) is 0.549. The van der Waals surface area contributed by atoms with Crippen molar-refractivity contribution in [1.82, 2.24) is 0 Å². The van der Waals surface area contributed by atoms with Gasteiger partial charge >= 0.3 is 6.18 Å². The van der Waals surface area contributed by atoms with Crippen LogP contribution in [0.3, 0.4) is 0 Å². The number of alkyl halides is 3. The summed E-state index contributed by atoms with van der Waals surface area (Å²) in [6.07, 6.45) is 4.67. The zero-order valence-corrected chi connectivity index (χ0v) is 16.2. The summed E-state index contributed by atoms with van der Waals surface area (Å²) in [6, 6.07) is 0. The summed E-state index contributed by atoms with van der Waals surface area (Å²) in [5.74, 6) is 2.32. The summed E-state index contributed by atoms with van der Waals surface area (Å²) in [6.45, 7) is 4.33. The topological polar surface area (TPSA) is 17.1 Å². The molecule has 0 N–H and O–H groups in total. The minimum atomic E-state index is -4.01. The third-order valence-corrected chi connectivity index (χ3v) is 9.15. The molecule has 0 spiro atoms. The van der Waals surface area contributed by atoms with Gasteiger partial charge in [0, 0.05) is 12.3 Å². The molecular formula is C22H33F3O. The minimum absolute atomic E-state index is 0.157. The Kier molecular flexibility index (Phi) is 4.71. The molecule has 0 aromatic heterocycles. The van der Waals surface area contributed by atoms with Crippen LogP contribution in [0.4, 0.5) is 13.2 Å². The van der Waals surface area contributed by atoms with Crippen molar-refractivity contribution in [2.24, 2.45) is 46.8 Å². The van der Waals surface area contributed by atoms with Gasteiger partial charge in [0.15, 0.2) is 0 Å². The van der Waals surface area contributed by atoms with Gasteiger partial charge in [-0.3, -0.25) is 4.79 Å². The van der Waals surface area contributed by atoms with Crippen molar-refractivity contribution >= 4 is 5.78 Å². The van der Waals surface area contributed by atoms with E-state index in [0.717, 1.165) is 44.9 Å². The largest absolute Gasteiger partial charge is 0.391 e. The Morgan fingerprint density at radius 2 is 1.69 bits per heavy atom. The van der Waals surface area contributed by atoms with E-state index in [9.17, 15) is 18.0 Å². The molecule has 0 radical (unpaired) electrons. The summed E-state index contributed by atoms with van der Waals surface area (Å²) >= 11 is 0. The highest BCUT2D eigenvalue weighted by molar-refractivity contribution is 5.81. The maximum Gasteiger partial charge on any atom is 0.391 e. The van der Waals surface area contributed by atoms with Crippen molar-refractivity contribution in [3.63, 3.8) is 0 Å². The highest BCUT2D eigenvalue weighted by Gasteiger charge is 2.58. The van der Waals surface area contributed by atoms with E-state index in [-0.39, 0.29) is 17.3 Å². The van der Waals surface area contributed by atoms with Crippen LogP contribution in [-0.2, 0) is 4.79 Å². The summed E-state index contributed by atoms with van der Waals surface area (Å²) in [4.78, 5) is 12.5. The fourth-order valence-electron chi connectivity index (χ4n) is 7.93. The lowest BCUT2D eigenvalue weighted by Gasteiger charge is -2.56. The number of halogens is 3. The Labute approximate surface area is 155 Å². The highest BCUT2D eigenvalue weighted by Crippen LogP contribution is 2.65. The van der Waals surface area contributed by atoms with Crippen LogP contribution >= 0.6 is 0 Å². The van der Waals surface area contributed by atoms with Crippen LogP contribution in [0.2, 0.25) is 0 Å². The molecule has 1 nitrogen and oxygen atoms in total. The Balaban J connectivity index is 1.50. The predicted octanol–water partition coefficient (Wildman–Crippen LogP) is 6.41. The number of carbonyl (C=O) groups is 1. The molecule has 4 rings (SSSR count). The number of ketones is 1. The molecule has 4 fully saturated rings. The maximum atomic E-state index is 13.2. The first kappa shape index (κ1) is 18.8. The monoisotopic (exact) mass is 370 g/mol. The van der Waals surface area contributed by atoms with E-state index in [1.165, 1.54) is 0 Å². The molecule has 4 saturated carbocycles. The average Bonchev–Trinajstić information content (AvgIpc) is 2.96. The van der Waals surface area contributed by atoms with Gasteiger partial charge in [-0.2, -0.15) is 13.2 Å². The summed E-state index contributed by atoms with van der Waals surface area (Å²) in [7, 11) is 0. The van der Waals surface area contributed by atoms with Crippen LogP contribution in [0, 0.1) is 46.8 Å². The lowest BCUT2D eigenvalue weighted by Crippen LogP contribution is -2.50. The molecule has 0 aromatic rings. The van der Waals surface area contributed by atoms with E-state index in [1.807, 2.05) is 6.92 Å². The SMILES string of the molecule is CCC(=O)C1CCC2C3CCC4CC(C(F)(F)F)CCC4C3CCC12C. The Morgan fingerprint density at radius 3 is 2.38 bits per heavy atom. The van der Waals surface area contributed by atoms with Crippen molar-refractivity contribution in [2.45, 2.75) is 84.2 Å². The summed E-state index contributed by atoms with van der Waals surface area (Å²) < 4.78 is 39.5. The highest BCUT2D eigenvalue weighted by atomic mass is 19.4. The Bertz CT molecular complexity index is 556. The fraction of sp³-hybridized carbons (Fsp3) is 0.955. The van der Waals surface area contributed by atoms with Gasteiger partial charge in [-0.1, -0.05) is 13.8 Å². The molecular weight excluding hydrogens is 337 g/mol. The number of hydrogen-bond donors (Lipinski definition) is 0. The lowest BCUT2D eigenvalue weighted by molar-refractivity contribution is -0.196. The fourth-order valence-corrected chi connectivity index (χ4v) is 7.93. The van der Waals surface area contributed by atoms with E-state index in [1.54, 1.807) is 0 Å². The van der Waals surface area contributed by atoms with E-state index in [0.29, 0.717) is 48.7 Å². The van der Waals surface area contributed by atoms with Gasteiger partial charge in [0.05, 0.1) is 5.92 Å². The number of Topliss-reactive ketones (excluding diaryl/α,β-unsaturated/α-hetero) is 1. The standard InChI is InChI=1S/C22H33F3O/c1-3-20(26)19-9-8-18-17-6-4-13-12-14(22(23,24)25)5-7-15(13)16(17)10-11-21(18,19)2/h13-19H,3-12H2,1-2H3. The van der Waals surface area contributed by atoms with Gasteiger partial charge in [-0.15, -0.1) is 0 Å². The summed E-state index contributed by atoms with van der Waals surface area (Å²) in [5, 5.41) is 0. The van der Waals surface area contributed by atoms with Gasteiger partial charge < -0.3 is 0 Å².